The van der Waals surface area contributed by atoms with Crippen molar-refractivity contribution in [3.63, 3.8) is 0 Å². The highest BCUT2D eigenvalue weighted by molar-refractivity contribution is 7.13. The second kappa shape index (κ2) is 4.29. The molecule has 0 saturated heterocycles. The van der Waals surface area contributed by atoms with Gasteiger partial charge in [-0.3, -0.25) is 10.1 Å². The number of nitrogens with zero attached hydrogens (tertiary/aromatic N) is 2. The lowest BCUT2D eigenvalue weighted by atomic mass is 9.96. The molecule has 1 N–H and O–H groups in total. The number of amides is 1. The van der Waals surface area contributed by atoms with Crippen LogP contribution in [0.15, 0.2) is 21.9 Å². The van der Waals surface area contributed by atoms with Gasteiger partial charge in [0, 0.05) is 5.41 Å². The summed E-state index contributed by atoms with van der Waals surface area (Å²) in [5, 5.41) is 12.2. The van der Waals surface area contributed by atoms with Gasteiger partial charge < -0.3 is 4.42 Å². The van der Waals surface area contributed by atoms with Crippen molar-refractivity contribution in [3.8, 4) is 10.8 Å². The van der Waals surface area contributed by atoms with Crippen molar-refractivity contribution >= 4 is 23.3 Å². The van der Waals surface area contributed by atoms with Crippen molar-refractivity contribution in [2.45, 2.75) is 20.8 Å². The molecule has 0 radical (unpaired) electrons. The molecule has 2 heterocycles. The van der Waals surface area contributed by atoms with E-state index in [2.05, 4.69) is 15.5 Å². The van der Waals surface area contributed by atoms with Gasteiger partial charge in [0.25, 0.3) is 5.89 Å². The van der Waals surface area contributed by atoms with E-state index < -0.39 is 5.41 Å². The fourth-order valence-electron chi connectivity index (χ4n) is 1.06. The van der Waals surface area contributed by atoms with Gasteiger partial charge in [-0.25, -0.2) is 0 Å². The van der Waals surface area contributed by atoms with Crippen molar-refractivity contribution in [2.75, 3.05) is 5.32 Å². The highest BCUT2D eigenvalue weighted by atomic mass is 32.1. The highest BCUT2D eigenvalue weighted by Crippen LogP contribution is 2.25. The highest BCUT2D eigenvalue weighted by Gasteiger charge is 2.23. The Morgan fingerprint density at radius 1 is 1.41 bits per heavy atom. The van der Waals surface area contributed by atoms with Gasteiger partial charge in [0.2, 0.25) is 5.91 Å². The number of thiophene rings is 1. The molecule has 0 spiro atoms. The Morgan fingerprint density at radius 3 is 2.76 bits per heavy atom. The van der Waals surface area contributed by atoms with E-state index >= 15 is 0 Å². The molecular formula is C11H13N3O2S. The Kier molecular flexibility index (Phi) is 2.97. The maximum atomic E-state index is 11.7. The predicted octanol–water partition coefficient (Wildman–Crippen LogP) is 2.78. The fraction of sp³-hybridized carbons (Fsp3) is 0.364. The first-order valence-electron chi connectivity index (χ1n) is 5.15. The molecule has 0 saturated carbocycles. The molecule has 2 aromatic heterocycles. The van der Waals surface area contributed by atoms with E-state index in [1.807, 2.05) is 38.3 Å². The summed E-state index contributed by atoms with van der Waals surface area (Å²) in [7, 11) is 0. The van der Waals surface area contributed by atoms with E-state index in [-0.39, 0.29) is 11.9 Å². The van der Waals surface area contributed by atoms with Gasteiger partial charge in [0.15, 0.2) is 0 Å². The average Bonchev–Trinajstić information content (AvgIpc) is 2.83. The monoisotopic (exact) mass is 251 g/mol. The number of hydrogen-bond donors (Lipinski definition) is 1. The van der Waals surface area contributed by atoms with Gasteiger partial charge in [0.1, 0.15) is 0 Å². The quantitative estimate of drug-likeness (QED) is 0.891. The fourth-order valence-corrected chi connectivity index (χ4v) is 1.70. The molecule has 1 amide bonds. The number of rotatable bonds is 2. The molecule has 90 valence electrons. The summed E-state index contributed by atoms with van der Waals surface area (Å²) >= 11 is 1.50. The van der Waals surface area contributed by atoms with Crippen molar-refractivity contribution < 1.29 is 9.21 Å². The Balaban J connectivity index is 2.12. The smallest absolute Gasteiger partial charge is 0.322 e. The first-order valence-corrected chi connectivity index (χ1v) is 6.03. The number of hydrogen-bond acceptors (Lipinski definition) is 5. The maximum absolute atomic E-state index is 11.7. The van der Waals surface area contributed by atoms with Gasteiger partial charge in [-0.05, 0) is 11.4 Å². The summed E-state index contributed by atoms with van der Waals surface area (Å²) in [6.07, 6.45) is 0. The largest absolute Gasteiger partial charge is 0.402 e. The normalized spacial score (nSPS) is 11.5. The number of carbonyl (C=O) groups excluding carboxylic acids is 1. The first kappa shape index (κ1) is 11.8. The molecule has 0 aromatic carbocycles. The second-order valence-corrected chi connectivity index (χ2v) is 5.54. The zero-order chi connectivity index (χ0) is 12.5. The van der Waals surface area contributed by atoms with Gasteiger partial charge >= 0.3 is 6.01 Å². The summed E-state index contributed by atoms with van der Waals surface area (Å²) < 4.78 is 5.35. The molecule has 0 unspecified atom stereocenters. The topological polar surface area (TPSA) is 68.0 Å². The number of anilines is 1. The molecule has 0 bridgehead atoms. The van der Waals surface area contributed by atoms with Crippen LogP contribution in [0.4, 0.5) is 6.01 Å². The van der Waals surface area contributed by atoms with Crippen LogP contribution in [0.1, 0.15) is 20.8 Å². The minimum Gasteiger partial charge on any atom is -0.402 e. The van der Waals surface area contributed by atoms with E-state index in [9.17, 15) is 4.79 Å². The lowest BCUT2D eigenvalue weighted by Gasteiger charge is -2.15. The lowest BCUT2D eigenvalue weighted by Crippen LogP contribution is -2.27. The molecule has 6 heteroatoms. The van der Waals surface area contributed by atoms with Gasteiger partial charge in [-0.1, -0.05) is 31.9 Å². The Hall–Kier alpha value is -1.69. The Morgan fingerprint density at radius 2 is 2.18 bits per heavy atom. The van der Waals surface area contributed by atoms with Crippen LogP contribution in [0.25, 0.3) is 10.8 Å². The van der Waals surface area contributed by atoms with Crippen LogP contribution < -0.4 is 5.32 Å². The Bertz CT molecular complexity index is 511. The van der Waals surface area contributed by atoms with Crippen LogP contribution in [-0.2, 0) is 4.79 Å². The van der Waals surface area contributed by atoms with E-state index in [1.54, 1.807) is 0 Å². The summed E-state index contributed by atoms with van der Waals surface area (Å²) in [6.45, 7) is 5.46. The van der Waals surface area contributed by atoms with Gasteiger partial charge in [-0.15, -0.1) is 16.4 Å². The minimum atomic E-state index is -0.489. The molecule has 0 aliphatic carbocycles. The van der Waals surface area contributed by atoms with E-state index in [0.29, 0.717) is 5.89 Å². The van der Waals surface area contributed by atoms with E-state index in [0.717, 1.165) is 4.88 Å². The molecule has 0 aliphatic rings. The standard InChI is InChI=1S/C11H13N3O2S/c1-11(2,3)9(15)12-10-14-13-8(16-10)7-5-4-6-17-7/h4-6H,1-3H3,(H,12,14,15). The molecule has 17 heavy (non-hydrogen) atoms. The summed E-state index contributed by atoms with van der Waals surface area (Å²) in [6, 6.07) is 3.92. The molecule has 0 aliphatic heterocycles. The lowest BCUT2D eigenvalue weighted by molar-refractivity contribution is -0.123. The summed E-state index contributed by atoms with van der Waals surface area (Å²) in [5.74, 6) is 0.267. The number of nitrogens with one attached hydrogen (secondary N) is 1. The van der Waals surface area contributed by atoms with Gasteiger partial charge in [0.05, 0.1) is 4.88 Å². The number of carbonyl (C=O) groups is 1. The van der Waals surface area contributed by atoms with E-state index in [1.165, 1.54) is 11.3 Å². The van der Waals surface area contributed by atoms with Crippen molar-refractivity contribution in [2.24, 2.45) is 5.41 Å². The predicted molar refractivity (Wildman–Crippen MR) is 65.7 cm³/mol. The summed E-state index contributed by atoms with van der Waals surface area (Å²) in [5.41, 5.74) is -0.489. The molecule has 5 nitrogen and oxygen atoms in total. The van der Waals surface area contributed by atoms with Crippen LogP contribution in [0.5, 0.6) is 0 Å². The van der Waals surface area contributed by atoms with Crippen LogP contribution in [0.2, 0.25) is 0 Å². The minimum absolute atomic E-state index is 0.133. The van der Waals surface area contributed by atoms with Crippen LogP contribution in [-0.4, -0.2) is 16.1 Å². The molecule has 0 fully saturated rings. The zero-order valence-electron chi connectivity index (χ0n) is 9.85. The van der Waals surface area contributed by atoms with Crippen LogP contribution in [0, 0.1) is 5.41 Å². The van der Waals surface area contributed by atoms with Crippen molar-refractivity contribution in [3.05, 3.63) is 17.5 Å². The zero-order valence-corrected chi connectivity index (χ0v) is 10.7. The molecular weight excluding hydrogens is 238 g/mol. The first-order chi connectivity index (χ1) is 7.97. The third kappa shape index (κ3) is 2.71. The molecule has 2 rings (SSSR count). The van der Waals surface area contributed by atoms with Crippen LogP contribution in [0.3, 0.4) is 0 Å². The summed E-state index contributed by atoms with van der Waals surface area (Å²) in [4.78, 5) is 12.6. The Labute approximate surface area is 103 Å². The third-order valence-corrected chi connectivity index (χ3v) is 2.92. The van der Waals surface area contributed by atoms with E-state index in [4.69, 9.17) is 4.42 Å². The van der Waals surface area contributed by atoms with Gasteiger partial charge in [-0.2, -0.15) is 0 Å². The molecule has 0 atom stereocenters. The SMILES string of the molecule is CC(C)(C)C(=O)Nc1nnc(-c2cccs2)o1. The van der Waals surface area contributed by atoms with Crippen molar-refractivity contribution in [1.82, 2.24) is 10.2 Å². The third-order valence-electron chi connectivity index (χ3n) is 2.06. The molecule has 2 aromatic rings. The average molecular weight is 251 g/mol. The number of aromatic nitrogens is 2. The second-order valence-electron chi connectivity index (χ2n) is 4.59. The maximum Gasteiger partial charge on any atom is 0.322 e. The van der Waals surface area contributed by atoms with Crippen LogP contribution >= 0.6 is 11.3 Å². The van der Waals surface area contributed by atoms with Crippen molar-refractivity contribution in [1.29, 1.82) is 0 Å².